The van der Waals surface area contributed by atoms with Crippen molar-refractivity contribution in [2.24, 2.45) is 0 Å². The summed E-state index contributed by atoms with van der Waals surface area (Å²) in [6.45, 7) is 0. The van der Waals surface area contributed by atoms with Crippen molar-refractivity contribution < 1.29 is 13.9 Å². The molecule has 0 aliphatic carbocycles. The predicted octanol–water partition coefficient (Wildman–Crippen LogP) is 4.09. The second-order valence-corrected chi connectivity index (χ2v) is 3.89. The first kappa shape index (κ1) is 12.4. The van der Waals surface area contributed by atoms with E-state index < -0.39 is 11.9 Å². The second kappa shape index (κ2) is 5.51. The van der Waals surface area contributed by atoms with Gasteiger partial charge in [0.25, 0.3) is 0 Å². The van der Waals surface area contributed by atoms with Gasteiger partial charge in [-0.05, 0) is 30.3 Å². The first-order chi connectivity index (χ1) is 8.65. The van der Waals surface area contributed by atoms with E-state index in [2.05, 4.69) is 5.32 Å². The summed E-state index contributed by atoms with van der Waals surface area (Å²) in [5.74, 6) is -0.207. The van der Waals surface area contributed by atoms with Crippen molar-refractivity contribution in [2.75, 3.05) is 5.32 Å². The van der Waals surface area contributed by atoms with Crippen molar-refractivity contribution in [3.05, 3.63) is 59.4 Å². The number of halogens is 2. The Morgan fingerprint density at radius 2 is 1.89 bits per heavy atom. The SMILES string of the molecule is O=C(Nc1cc(Cl)ccc1F)Oc1ccccc1. The molecular formula is C13H9ClFNO2. The summed E-state index contributed by atoms with van der Waals surface area (Å²) >= 11 is 5.70. The number of para-hydroxylation sites is 1. The van der Waals surface area contributed by atoms with Gasteiger partial charge in [0.05, 0.1) is 5.69 Å². The van der Waals surface area contributed by atoms with Crippen LogP contribution in [0, 0.1) is 5.82 Å². The molecule has 0 unspecified atom stereocenters. The molecule has 0 heterocycles. The normalized spacial score (nSPS) is 9.89. The summed E-state index contributed by atoms with van der Waals surface area (Å²) in [6, 6.07) is 12.3. The lowest BCUT2D eigenvalue weighted by molar-refractivity contribution is 0.215. The molecule has 2 aromatic carbocycles. The van der Waals surface area contributed by atoms with E-state index in [-0.39, 0.29) is 5.69 Å². The van der Waals surface area contributed by atoms with E-state index in [1.165, 1.54) is 18.2 Å². The molecule has 5 heteroatoms. The van der Waals surface area contributed by atoms with E-state index in [4.69, 9.17) is 16.3 Å². The van der Waals surface area contributed by atoms with E-state index in [1.807, 2.05) is 0 Å². The Balaban J connectivity index is 2.05. The highest BCUT2D eigenvalue weighted by atomic mass is 35.5. The van der Waals surface area contributed by atoms with Crippen LogP contribution in [-0.4, -0.2) is 6.09 Å². The summed E-state index contributed by atoms with van der Waals surface area (Å²) in [7, 11) is 0. The van der Waals surface area contributed by atoms with Crippen LogP contribution in [-0.2, 0) is 0 Å². The van der Waals surface area contributed by atoms with Crippen LogP contribution in [0.2, 0.25) is 5.02 Å². The molecule has 1 amide bonds. The average molecular weight is 266 g/mol. The minimum Gasteiger partial charge on any atom is -0.410 e. The number of nitrogens with one attached hydrogen (secondary N) is 1. The van der Waals surface area contributed by atoms with Gasteiger partial charge in [-0.2, -0.15) is 0 Å². The number of amides is 1. The quantitative estimate of drug-likeness (QED) is 0.888. The van der Waals surface area contributed by atoms with Gasteiger partial charge >= 0.3 is 6.09 Å². The first-order valence-corrected chi connectivity index (χ1v) is 5.52. The number of carbonyl (C=O) groups excluding carboxylic acids is 1. The minimum absolute atomic E-state index is 0.0246. The molecule has 92 valence electrons. The number of anilines is 1. The third kappa shape index (κ3) is 3.21. The topological polar surface area (TPSA) is 38.3 Å². The number of hydrogen-bond acceptors (Lipinski definition) is 2. The van der Waals surface area contributed by atoms with Gasteiger partial charge in [-0.1, -0.05) is 29.8 Å². The Kier molecular flexibility index (Phi) is 3.79. The first-order valence-electron chi connectivity index (χ1n) is 5.14. The molecule has 0 aromatic heterocycles. The summed E-state index contributed by atoms with van der Waals surface area (Å²) in [4.78, 5) is 11.5. The van der Waals surface area contributed by atoms with E-state index in [1.54, 1.807) is 30.3 Å². The zero-order valence-corrected chi connectivity index (χ0v) is 9.95. The Bertz CT molecular complexity index is 560. The highest BCUT2D eigenvalue weighted by Gasteiger charge is 2.09. The van der Waals surface area contributed by atoms with Crippen LogP contribution in [0.4, 0.5) is 14.9 Å². The summed E-state index contributed by atoms with van der Waals surface area (Å²) in [5, 5.41) is 2.60. The molecule has 1 N–H and O–H groups in total. The average Bonchev–Trinajstić information content (AvgIpc) is 2.35. The van der Waals surface area contributed by atoms with Crippen molar-refractivity contribution in [1.29, 1.82) is 0 Å². The number of carbonyl (C=O) groups is 1. The van der Waals surface area contributed by atoms with E-state index >= 15 is 0 Å². The second-order valence-electron chi connectivity index (χ2n) is 3.45. The molecule has 0 saturated carbocycles. The Morgan fingerprint density at radius 1 is 1.17 bits per heavy atom. The van der Waals surface area contributed by atoms with Gasteiger partial charge < -0.3 is 4.74 Å². The van der Waals surface area contributed by atoms with Gasteiger partial charge in [0.1, 0.15) is 11.6 Å². The molecular weight excluding hydrogens is 257 g/mol. The molecule has 2 rings (SSSR count). The van der Waals surface area contributed by atoms with Gasteiger partial charge in [0.2, 0.25) is 0 Å². The molecule has 0 fully saturated rings. The number of hydrogen-bond donors (Lipinski definition) is 1. The van der Waals surface area contributed by atoms with Gasteiger partial charge in [0, 0.05) is 5.02 Å². The maximum absolute atomic E-state index is 13.3. The molecule has 3 nitrogen and oxygen atoms in total. The Labute approximate surface area is 108 Å². The van der Waals surface area contributed by atoms with Crippen LogP contribution >= 0.6 is 11.6 Å². The molecule has 0 bridgehead atoms. The largest absolute Gasteiger partial charge is 0.417 e. The maximum Gasteiger partial charge on any atom is 0.417 e. The third-order valence-corrected chi connectivity index (χ3v) is 2.35. The van der Waals surface area contributed by atoms with Crippen molar-refractivity contribution in [1.82, 2.24) is 0 Å². The fraction of sp³-hybridized carbons (Fsp3) is 0. The highest BCUT2D eigenvalue weighted by molar-refractivity contribution is 6.30. The maximum atomic E-state index is 13.3. The minimum atomic E-state index is -0.776. The van der Waals surface area contributed by atoms with Crippen molar-refractivity contribution in [2.45, 2.75) is 0 Å². The summed E-state index contributed by atoms with van der Waals surface area (Å²) < 4.78 is 18.3. The lowest BCUT2D eigenvalue weighted by atomic mass is 10.3. The predicted molar refractivity (Wildman–Crippen MR) is 67.5 cm³/mol. The molecule has 18 heavy (non-hydrogen) atoms. The molecule has 0 radical (unpaired) electrons. The monoisotopic (exact) mass is 265 g/mol. The Hall–Kier alpha value is -2.07. The standard InChI is InChI=1S/C13H9ClFNO2/c14-9-6-7-11(15)12(8-9)16-13(17)18-10-4-2-1-3-5-10/h1-8H,(H,16,17). The van der Waals surface area contributed by atoms with Crippen LogP contribution in [0.3, 0.4) is 0 Å². The molecule has 0 atom stereocenters. The summed E-state index contributed by atoms with van der Waals surface area (Å²) in [5.41, 5.74) is -0.0246. The van der Waals surface area contributed by atoms with Crippen LogP contribution in [0.15, 0.2) is 48.5 Å². The van der Waals surface area contributed by atoms with Gasteiger partial charge in [-0.25, -0.2) is 9.18 Å². The van der Waals surface area contributed by atoms with Crippen molar-refractivity contribution in [3.63, 3.8) is 0 Å². The molecule has 2 aromatic rings. The molecule has 0 spiro atoms. The van der Waals surface area contributed by atoms with Crippen LogP contribution in [0.25, 0.3) is 0 Å². The lowest BCUT2D eigenvalue weighted by Gasteiger charge is -2.07. The van der Waals surface area contributed by atoms with Crippen molar-refractivity contribution in [3.8, 4) is 5.75 Å². The smallest absolute Gasteiger partial charge is 0.410 e. The Morgan fingerprint density at radius 3 is 2.61 bits per heavy atom. The fourth-order valence-electron chi connectivity index (χ4n) is 1.32. The fourth-order valence-corrected chi connectivity index (χ4v) is 1.50. The van der Waals surface area contributed by atoms with Gasteiger partial charge in [0.15, 0.2) is 0 Å². The molecule has 0 saturated heterocycles. The van der Waals surface area contributed by atoms with E-state index in [9.17, 15) is 9.18 Å². The zero-order valence-electron chi connectivity index (χ0n) is 9.19. The van der Waals surface area contributed by atoms with Crippen molar-refractivity contribution >= 4 is 23.4 Å². The molecule has 0 aliphatic heterocycles. The third-order valence-electron chi connectivity index (χ3n) is 2.12. The number of ether oxygens (including phenoxy) is 1. The molecule has 0 aliphatic rings. The van der Waals surface area contributed by atoms with Gasteiger partial charge in [-0.3, -0.25) is 5.32 Å². The number of rotatable bonds is 2. The van der Waals surface area contributed by atoms with Gasteiger partial charge in [-0.15, -0.1) is 0 Å². The van der Waals surface area contributed by atoms with Crippen LogP contribution in [0.1, 0.15) is 0 Å². The van der Waals surface area contributed by atoms with E-state index in [0.717, 1.165) is 0 Å². The zero-order chi connectivity index (χ0) is 13.0. The van der Waals surface area contributed by atoms with Crippen LogP contribution < -0.4 is 10.1 Å². The lowest BCUT2D eigenvalue weighted by Crippen LogP contribution is -2.17. The van der Waals surface area contributed by atoms with Crippen LogP contribution in [0.5, 0.6) is 5.75 Å². The number of benzene rings is 2. The highest BCUT2D eigenvalue weighted by Crippen LogP contribution is 2.20. The summed E-state index contributed by atoms with van der Waals surface area (Å²) in [6.07, 6.45) is -0.776. The van der Waals surface area contributed by atoms with E-state index in [0.29, 0.717) is 10.8 Å².